The lowest BCUT2D eigenvalue weighted by atomic mass is 9.81. The van der Waals surface area contributed by atoms with Crippen molar-refractivity contribution in [2.45, 2.75) is 58.5 Å². The van der Waals surface area contributed by atoms with Gasteiger partial charge in [0.15, 0.2) is 0 Å². The maximum absolute atomic E-state index is 12.6. The number of rotatable bonds is 5. The molecule has 2 aromatic rings. The molecule has 1 aliphatic rings. The predicted octanol–water partition coefficient (Wildman–Crippen LogP) is 2.41. The molecule has 1 amide bonds. The van der Waals surface area contributed by atoms with Gasteiger partial charge in [-0.2, -0.15) is 0 Å². The number of hydrogen-bond acceptors (Lipinski definition) is 3. The Kier molecular flexibility index (Phi) is 5.59. The van der Waals surface area contributed by atoms with E-state index >= 15 is 0 Å². The molecule has 6 nitrogen and oxygen atoms in total. The Morgan fingerprint density at radius 1 is 1.23 bits per heavy atom. The smallest absolute Gasteiger partial charge is 0.328 e. The van der Waals surface area contributed by atoms with Crippen LogP contribution in [-0.4, -0.2) is 21.5 Å². The minimum absolute atomic E-state index is 0.0480. The molecule has 2 N–H and O–H groups in total. The normalized spacial score (nSPS) is 21.5. The summed E-state index contributed by atoms with van der Waals surface area (Å²) in [6, 6.07) is 7.28. The molecule has 0 spiro atoms. The highest BCUT2D eigenvalue weighted by Crippen LogP contribution is 2.29. The van der Waals surface area contributed by atoms with Gasteiger partial charge in [-0.05, 0) is 57.1 Å². The molecule has 1 aliphatic carbocycles. The minimum atomic E-state index is -0.356. The molecule has 0 aliphatic heterocycles. The van der Waals surface area contributed by atoms with Gasteiger partial charge in [0, 0.05) is 18.5 Å². The van der Waals surface area contributed by atoms with Crippen LogP contribution in [0.2, 0.25) is 0 Å². The van der Waals surface area contributed by atoms with Gasteiger partial charge in [-0.1, -0.05) is 19.1 Å². The highest BCUT2D eigenvalue weighted by molar-refractivity contribution is 5.79. The van der Waals surface area contributed by atoms with Crippen LogP contribution in [0.25, 0.3) is 10.9 Å². The topological polar surface area (TPSA) is 84.0 Å². The van der Waals surface area contributed by atoms with Crippen LogP contribution >= 0.6 is 0 Å². The van der Waals surface area contributed by atoms with Crippen LogP contribution in [0.15, 0.2) is 33.9 Å². The fourth-order valence-electron chi connectivity index (χ4n) is 3.69. The molecule has 1 saturated carbocycles. The van der Waals surface area contributed by atoms with Crippen molar-refractivity contribution < 1.29 is 4.79 Å². The Bertz CT molecular complexity index is 891. The summed E-state index contributed by atoms with van der Waals surface area (Å²) in [5.74, 6) is 0.438. The summed E-state index contributed by atoms with van der Waals surface area (Å²) in [6.45, 7) is 4.49. The van der Waals surface area contributed by atoms with Crippen LogP contribution < -0.4 is 16.6 Å². The van der Waals surface area contributed by atoms with E-state index in [9.17, 15) is 14.4 Å². The first-order chi connectivity index (χ1) is 12.5. The van der Waals surface area contributed by atoms with E-state index in [4.69, 9.17) is 0 Å². The van der Waals surface area contributed by atoms with Crippen molar-refractivity contribution in [3.05, 3.63) is 45.1 Å². The molecule has 140 valence electrons. The molecule has 1 aromatic heterocycles. The summed E-state index contributed by atoms with van der Waals surface area (Å²) in [7, 11) is 0. The monoisotopic (exact) mass is 357 g/mol. The number of aromatic amines is 1. The molecule has 6 heteroatoms. The zero-order valence-corrected chi connectivity index (χ0v) is 15.5. The largest absolute Gasteiger partial charge is 0.353 e. The van der Waals surface area contributed by atoms with Gasteiger partial charge in [0.2, 0.25) is 5.91 Å². The van der Waals surface area contributed by atoms with Crippen LogP contribution in [-0.2, 0) is 11.3 Å². The fraction of sp³-hybridized carbons (Fsp3) is 0.550. The van der Waals surface area contributed by atoms with Gasteiger partial charge < -0.3 is 10.3 Å². The third kappa shape index (κ3) is 3.89. The fourth-order valence-corrected chi connectivity index (χ4v) is 3.69. The van der Waals surface area contributed by atoms with Gasteiger partial charge in [0.25, 0.3) is 5.56 Å². The molecule has 0 saturated heterocycles. The van der Waals surface area contributed by atoms with Gasteiger partial charge in [-0.3, -0.25) is 14.2 Å². The first-order valence-electron chi connectivity index (χ1n) is 9.51. The number of fused-ring (bicyclic) bond motifs is 1. The average Bonchev–Trinajstić information content (AvgIpc) is 2.65. The first-order valence-corrected chi connectivity index (χ1v) is 9.51. The molecular formula is C20H27N3O3. The lowest BCUT2D eigenvalue weighted by Gasteiger charge is -2.28. The number of nitrogens with one attached hydrogen (secondary N) is 2. The molecule has 1 aromatic carbocycles. The zero-order chi connectivity index (χ0) is 18.7. The Labute approximate surface area is 152 Å². The van der Waals surface area contributed by atoms with Crippen LogP contribution in [0.4, 0.5) is 0 Å². The van der Waals surface area contributed by atoms with E-state index in [0.29, 0.717) is 17.4 Å². The van der Waals surface area contributed by atoms with Crippen molar-refractivity contribution in [3.8, 4) is 0 Å². The molecule has 1 heterocycles. The SMILES string of the molecule is CC[C@@H](C)NC(=O)C1CCC(Cn2c(=O)[nH]c3ccccc3c2=O)CC1. The van der Waals surface area contributed by atoms with Gasteiger partial charge >= 0.3 is 5.69 Å². The van der Waals surface area contributed by atoms with Crippen molar-refractivity contribution in [1.82, 2.24) is 14.9 Å². The number of aromatic nitrogens is 2. The maximum Gasteiger partial charge on any atom is 0.328 e. The summed E-state index contributed by atoms with van der Waals surface area (Å²) >= 11 is 0. The molecule has 3 rings (SSSR count). The second-order valence-corrected chi connectivity index (χ2v) is 7.43. The van der Waals surface area contributed by atoms with Crippen LogP contribution in [0.5, 0.6) is 0 Å². The van der Waals surface area contributed by atoms with Crippen LogP contribution in [0.3, 0.4) is 0 Å². The number of nitrogens with zero attached hydrogens (tertiary/aromatic N) is 1. The van der Waals surface area contributed by atoms with Crippen molar-refractivity contribution in [1.29, 1.82) is 0 Å². The molecule has 0 radical (unpaired) electrons. The molecular weight excluding hydrogens is 330 g/mol. The number of carbonyl (C=O) groups excluding carboxylic acids is 1. The Morgan fingerprint density at radius 3 is 2.62 bits per heavy atom. The number of benzene rings is 1. The molecule has 0 unspecified atom stereocenters. The highest BCUT2D eigenvalue weighted by atomic mass is 16.2. The second-order valence-electron chi connectivity index (χ2n) is 7.43. The number of carbonyl (C=O) groups is 1. The van der Waals surface area contributed by atoms with E-state index in [0.717, 1.165) is 32.1 Å². The quantitative estimate of drug-likeness (QED) is 0.862. The maximum atomic E-state index is 12.6. The predicted molar refractivity (Wildman–Crippen MR) is 102 cm³/mol. The summed E-state index contributed by atoms with van der Waals surface area (Å²) in [6.07, 6.45) is 4.27. The van der Waals surface area contributed by atoms with Gasteiger partial charge in [0.05, 0.1) is 10.9 Å². The van der Waals surface area contributed by atoms with Crippen LogP contribution in [0, 0.1) is 11.8 Å². The highest BCUT2D eigenvalue weighted by Gasteiger charge is 2.27. The third-order valence-electron chi connectivity index (χ3n) is 5.55. The standard InChI is InChI=1S/C20H27N3O3/c1-3-13(2)21-18(24)15-10-8-14(9-11-15)12-23-19(25)16-6-4-5-7-17(16)22-20(23)26/h4-7,13-15H,3,8-12H2,1-2H3,(H,21,24)(H,22,26)/t13-,14?,15?/m1/s1. The van der Waals surface area contributed by atoms with Crippen molar-refractivity contribution in [2.75, 3.05) is 0 Å². The van der Waals surface area contributed by atoms with E-state index in [1.54, 1.807) is 24.3 Å². The Morgan fingerprint density at radius 2 is 1.92 bits per heavy atom. The van der Waals surface area contributed by atoms with Crippen molar-refractivity contribution in [2.24, 2.45) is 11.8 Å². The summed E-state index contributed by atoms with van der Waals surface area (Å²) in [5, 5.41) is 3.59. The van der Waals surface area contributed by atoms with Crippen molar-refractivity contribution in [3.63, 3.8) is 0 Å². The van der Waals surface area contributed by atoms with E-state index in [-0.39, 0.29) is 35.0 Å². The Hall–Kier alpha value is -2.37. The third-order valence-corrected chi connectivity index (χ3v) is 5.55. The minimum Gasteiger partial charge on any atom is -0.353 e. The number of amides is 1. The number of H-pyrrole nitrogens is 1. The number of hydrogen-bond donors (Lipinski definition) is 2. The summed E-state index contributed by atoms with van der Waals surface area (Å²) < 4.78 is 1.31. The molecule has 0 bridgehead atoms. The average molecular weight is 357 g/mol. The lowest BCUT2D eigenvalue weighted by Crippen LogP contribution is -2.40. The molecule has 1 atom stereocenters. The van der Waals surface area contributed by atoms with E-state index in [1.165, 1.54) is 4.57 Å². The summed E-state index contributed by atoms with van der Waals surface area (Å²) in [4.78, 5) is 40.0. The van der Waals surface area contributed by atoms with Gasteiger partial charge in [-0.15, -0.1) is 0 Å². The van der Waals surface area contributed by atoms with E-state index < -0.39 is 0 Å². The lowest BCUT2D eigenvalue weighted by molar-refractivity contribution is -0.126. The van der Waals surface area contributed by atoms with E-state index in [1.807, 2.05) is 6.92 Å². The molecule has 26 heavy (non-hydrogen) atoms. The Balaban J connectivity index is 1.67. The molecule has 1 fully saturated rings. The van der Waals surface area contributed by atoms with E-state index in [2.05, 4.69) is 17.2 Å². The van der Waals surface area contributed by atoms with Crippen molar-refractivity contribution >= 4 is 16.8 Å². The van der Waals surface area contributed by atoms with Gasteiger partial charge in [-0.25, -0.2) is 4.79 Å². The summed E-state index contributed by atoms with van der Waals surface area (Å²) in [5.41, 5.74) is -0.0181. The number of para-hydroxylation sites is 1. The first kappa shape index (κ1) is 18.4. The second kappa shape index (κ2) is 7.89. The van der Waals surface area contributed by atoms with Gasteiger partial charge in [0.1, 0.15) is 0 Å². The van der Waals surface area contributed by atoms with Crippen LogP contribution in [0.1, 0.15) is 46.0 Å². The zero-order valence-electron chi connectivity index (χ0n) is 15.5.